The van der Waals surface area contributed by atoms with Gasteiger partial charge in [0.2, 0.25) is 0 Å². The van der Waals surface area contributed by atoms with Gasteiger partial charge in [0.05, 0.1) is 25.8 Å². The summed E-state index contributed by atoms with van der Waals surface area (Å²) in [4.78, 5) is 11.0. The molecule has 0 amide bonds. The molecule has 6 heteroatoms. The van der Waals surface area contributed by atoms with Crippen LogP contribution in [0.3, 0.4) is 0 Å². The summed E-state index contributed by atoms with van der Waals surface area (Å²) in [6.45, 7) is 5.49. The lowest BCUT2D eigenvalue weighted by Crippen LogP contribution is -2.39. The van der Waals surface area contributed by atoms with Gasteiger partial charge in [-0.15, -0.1) is 0 Å². The van der Waals surface area contributed by atoms with E-state index in [0.717, 1.165) is 61.9 Å². The molecule has 1 saturated heterocycles. The number of aromatic nitrogens is 2. The Kier molecular flexibility index (Phi) is 4.47. The summed E-state index contributed by atoms with van der Waals surface area (Å²) in [5.41, 5.74) is 0.916. The van der Waals surface area contributed by atoms with Crippen LogP contribution in [0.5, 0.6) is 5.75 Å². The summed E-state index contributed by atoms with van der Waals surface area (Å²) in [6, 6.07) is 5.82. The number of nitrogens with one attached hydrogen (secondary N) is 1. The van der Waals surface area contributed by atoms with Crippen molar-refractivity contribution in [2.45, 2.75) is 0 Å². The molecule has 0 spiro atoms. The normalized spacial score (nSPS) is 16.0. The third-order valence-electron chi connectivity index (χ3n) is 3.67. The Hall–Kier alpha value is -1.92. The number of anilines is 1. The van der Waals surface area contributed by atoms with Gasteiger partial charge in [0, 0.05) is 31.6 Å². The molecule has 1 aromatic heterocycles. The second-order valence-electron chi connectivity index (χ2n) is 4.99. The average Bonchev–Trinajstić information content (AvgIpc) is 2.55. The standard InChI is InChI=1S/C15H20N4O2/c1-20-12-2-3-14-13(10-12)15(18-11-17-14)16-4-5-19-6-8-21-9-7-19/h2-3,10-11H,4-9H2,1H3,(H,16,17,18). The van der Waals surface area contributed by atoms with E-state index in [1.54, 1.807) is 13.4 Å². The zero-order valence-corrected chi connectivity index (χ0v) is 12.2. The number of benzene rings is 1. The van der Waals surface area contributed by atoms with Crippen molar-refractivity contribution in [2.24, 2.45) is 0 Å². The Balaban J connectivity index is 1.68. The van der Waals surface area contributed by atoms with Crippen LogP contribution < -0.4 is 10.1 Å². The number of rotatable bonds is 5. The van der Waals surface area contributed by atoms with Crippen molar-refractivity contribution in [3.05, 3.63) is 24.5 Å². The lowest BCUT2D eigenvalue weighted by molar-refractivity contribution is 0.0398. The monoisotopic (exact) mass is 288 g/mol. The first-order valence-electron chi connectivity index (χ1n) is 7.19. The fourth-order valence-corrected chi connectivity index (χ4v) is 2.46. The number of morpholine rings is 1. The summed E-state index contributed by atoms with van der Waals surface area (Å²) in [6.07, 6.45) is 1.59. The SMILES string of the molecule is COc1ccc2ncnc(NCCN3CCOCC3)c2c1. The lowest BCUT2D eigenvalue weighted by Gasteiger charge is -2.26. The molecule has 0 radical (unpaired) electrons. The Morgan fingerprint density at radius 3 is 2.95 bits per heavy atom. The molecule has 1 aliphatic heterocycles. The van der Waals surface area contributed by atoms with E-state index in [-0.39, 0.29) is 0 Å². The van der Waals surface area contributed by atoms with Crippen LogP contribution in [0.15, 0.2) is 24.5 Å². The van der Waals surface area contributed by atoms with Crippen molar-refractivity contribution < 1.29 is 9.47 Å². The van der Waals surface area contributed by atoms with Crippen LogP contribution in [-0.4, -0.2) is 61.4 Å². The molecule has 2 heterocycles. The Morgan fingerprint density at radius 1 is 1.29 bits per heavy atom. The minimum atomic E-state index is 0.813. The zero-order valence-electron chi connectivity index (χ0n) is 12.2. The van der Waals surface area contributed by atoms with E-state index >= 15 is 0 Å². The molecular weight excluding hydrogens is 268 g/mol. The molecule has 1 N–H and O–H groups in total. The number of methoxy groups -OCH3 is 1. The number of fused-ring (bicyclic) bond motifs is 1. The summed E-state index contributed by atoms with van der Waals surface area (Å²) < 4.78 is 10.6. The number of hydrogen-bond acceptors (Lipinski definition) is 6. The highest BCUT2D eigenvalue weighted by molar-refractivity contribution is 5.89. The van der Waals surface area contributed by atoms with E-state index in [1.807, 2.05) is 18.2 Å². The van der Waals surface area contributed by atoms with Crippen LogP contribution in [0.4, 0.5) is 5.82 Å². The maximum atomic E-state index is 5.35. The second kappa shape index (κ2) is 6.69. The highest BCUT2D eigenvalue weighted by Gasteiger charge is 2.10. The number of hydrogen-bond donors (Lipinski definition) is 1. The van der Waals surface area contributed by atoms with Gasteiger partial charge >= 0.3 is 0 Å². The van der Waals surface area contributed by atoms with Gasteiger partial charge in [0.15, 0.2) is 0 Å². The lowest BCUT2D eigenvalue weighted by atomic mass is 10.2. The molecular formula is C15H20N4O2. The smallest absolute Gasteiger partial charge is 0.137 e. The molecule has 1 aromatic carbocycles. The Bertz CT molecular complexity index is 599. The van der Waals surface area contributed by atoms with E-state index in [0.29, 0.717) is 0 Å². The van der Waals surface area contributed by atoms with Crippen molar-refractivity contribution in [2.75, 3.05) is 51.8 Å². The maximum Gasteiger partial charge on any atom is 0.137 e. The molecule has 1 aliphatic rings. The summed E-state index contributed by atoms with van der Waals surface area (Å²) in [5.74, 6) is 1.67. The van der Waals surface area contributed by atoms with E-state index in [9.17, 15) is 0 Å². The molecule has 0 atom stereocenters. The average molecular weight is 288 g/mol. The van der Waals surface area contributed by atoms with Gasteiger partial charge in [-0.2, -0.15) is 0 Å². The van der Waals surface area contributed by atoms with Crippen LogP contribution >= 0.6 is 0 Å². The number of nitrogens with zero attached hydrogens (tertiary/aromatic N) is 3. The molecule has 21 heavy (non-hydrogen) atoms. The van der Waals surface area contributed by atoms with Crippen molar-refractivity contribution in [1.29, 1.82) is 0 Å². The third kappa shape index (κ3) is 3.40. The maximum absolute atomic E-state index is 5.35. The molecule has 2 aromatic rings. The van der Waals surface area contributed by atoms with Crippen molar-refractivity contribution in [3.63, 3.8) is 0 Å². The summed E-state index contributed by atoms with van der Waals surface area (Å²) in [5, 5.41) is 4.38. The third-order valence-corrected chi connectivity index (χ3v) is 3.67. The molecule has 3 rings (SSSR count). The van der Waals surface area contributed by atoms with Gasteiger partial charge in [-0.1, -0.05) is 0 Å². The largest absolute Gasteiger partial charge is 0.497 e. The fourth-order valence-electron chi connectivity index (χ4n) is 2.46. The molecule has 112 valence electrons. The van der Waals surface area contributed by atoms with Crippen molar-refractivity contribution in [3.8, 4) is 5.75 Å². The quantitative estimate of drug-likeness (QED) is 0.897. The number of ether oxygens (including phenoxy) is 2. The van der Waals surface area contributed by atoms with Gasteiger partial charge < -0.3 is 14.8 Å². The van der Waals surface area contributed by atoms with Crippen LogP contribution in [0.1, 0.15) is 0 Å². The van der Waals surface area contributed by atoms with Gasteiger partial charge in [-0.25, -0.2) is 9.97 Å². The molecule has 1 fully saturated rings. The first-order valence-corrected chi connectivity index (χ1v) is 7.19. The predicted molar refractivity (Wildman–Crippen MR) is 81.8 cm³/mol. The van der Waals surface area contributed by atoms with Crippen LogP contribution in [0.25, 0.3) is 10.9 Å². The first-order chi connectivity index (χ1) is 10.4. The highest BCUT2D eigenvalue weighted by atomic mass is 16.5. The molecule has 6 nitrogen and oxygen atoms in total. The predicted octanol–water partition coefficient (Wildman–Crippen LogP) is 1.38. The van der Waals surface area contributed by atoms with Crippen LogP contribution in [0.2, 0.25) is 0 Å². The van der Waals surface area contributed by atoms with E-state index in [4.69, 9.17) is 9.47 Å². The van der Waals surface area contributed by atoms with Crippen LogP contribution in [0, 0.1) is 0 Å². The van der Waals surface area contributed by atoms with Crippen LogP contribution in [-0.2, 0) is 4.74 Å². The highest BCUT2D eigenvalue weighted by Crippen LogP contribution is 2.23. The minimum Gasteiger partial charge on any atom is -0.497 e. The van der Waals surface area contributed by atoms with Crippen molar-refractivity contribution >= 4 is 16.7 Å². The van der Waals surface area contributed by atoms with Gasteiger partial charge in [0.1, 0.15) is 17.9 Å². The zero-order chi connectivity index (χ0) is 14.5. The van der Waals surface area contributed by atoms with E-state index in [1.165, 1.54) is 0 Å². The summed E-state index contributed by atoms with van der Waals surface area (Å²) in [7, 11) is 1.66. The Labute approximate surface area is 124 Å². The first kappa shape index (κ1) is 14.0. The van der Waals surface area contributed by atoms with Crippen molar-refractivity contribution in [1.82, 2.24) is 14.9 Å². The van der Waals surface area contributed by atoms with Gasteiger partial charge in [-0.3, -0.25) is 4.90 Å². The van der Waals surface area contributed by atoms with Gasteiger partial charge in [0.25, 0.3) is 0 Å². The topological polar surface area (TPSA) is 59.5 Å². The molecule has 0 unspecified atom stereocenters. The molecule has 0 saturated carbocycles. The van der Waals surface area contributed by atoms with E-state index < -0.39 is 0 Å². The second-order valence-corrected chi connectivity index (χ2v) is 4.99. The fraction of sp³-hybridized carbons (Fsp3) is 0.467. The Morgan fingerprint density at radius 2 is 2.14 bits per heavy atom. The molecule has 0 bridgehead atoms. The van der Waals surface area contributed by atoms with E-state index in [2.05, 4.69) is 20.2 Å². The minimum absolute atomic E-state index is 0.813. The van der Waals surface area contributed by atoms with Gasteiger partial charge in [-0.05, 0) is 18.2 Å². The molecule has 0 aliphatic carbocycles. The summed E-state index contributed by atoms with van der Waals surface area (Å²) >= 11 is 0.